The number of amidine groups is 1. The number of hydrogen-bond donors (Lipinski definition) is 3. The summed E-state index contributed by atoms with van der Waals surface area (Å²) in [6.07, 6.45) is 0. The highest BCUT2D eigenvalue weighted by molar-refractivity contribution is 6.01. The lowest BCUT2D eigenvalue weighted by Gasteiger charge is -2.19. The van der Waals surface area contributed by atoms with Crippen LogP contribution in [0.5, 0.6) is 5.75 Å². The summed E-state index contributed by atoms with van der Waals surface area (Å²) in [5.41, 5.74) is 8.86. The summed E-state index contributed by atoms with van der Waals surface area (Å²) in [7, 11) is 0. The lowest BCUT2D eigenvalue weighted by atomic mass is 10.1. The largest absolute Gasteiger partial charge is 0.483 e. The highest BCUT2D eigenvalue weighted by atomic mass is 16.5. The molecule has 4 N–H and O–H groups in total. The first-order valence-corrected chi connectivity index (χ1v) is 6.74. The number of rotatable bonds is 2. The van der Waals surface area contributed by atoms with Crippen molar-refractivity contribution in [2.75, 3.05) is 17.7 Å². The Hall–Kier alpha value is -3.02. The molecule has 0 spiro atoms. The summed E-state index contributed by atoms with van der Waals surface area (Å²) in [6.45, 7) is 2.17. The van der Waals surface area contributed by atoms with Gasteiger partial charge in [0.25, 0.3) is 0 Å². The maximum absolute atomic E-state index is 11.1. The molecule has 2 aromatic carbocycles. The normalized spacial score (nSPS) is 12.9. The molecule has 0 unspecified atom stereocenters. The van der Waals surface area contributed by atoms with Crippen molar-refractivity contribution in [3.63, 3.8) is 0 Å². The zero-order valence-corrected chi connectivity index (χ0v) is 12.0. The third-order valence-electron chi connectivity index (χ3n) is 3.37. The molecule has 0 saturated heterocycles. The van der Waals surface area contributed by atoms with Crippen LogP contribution in [0.4, 0.5) is 17.1 Å². The monoisotopic (exact) mass is 297 g/mol. The quantitative estimate of drug-likeness (QED) is 0.741. The fourth-order valence-electron chi connectivity index (χ4n) is 2.17. The molecule has 6 nitrogen and oxygen atoms in total. The van der Waals surface area contributed by atoms with E-state index in [4.69, 9.17) is 15.6 Å². The topological polar surface area (TPSA) is 96.9 Å². The third-order valence-corrected chi connectivity index (χ3v) is 3.37. The number of nitrogens with two attached hydrogens (primary N) is 1. The molecule has 2 aromatic rings. The maximum atomic E-state index is 11.1. The van der Waals surface area contributed by atoms with Crippen molar-refractivity contribution in [2.45, 2.75) is 6.92 Å². The van der Waals surface area contributed by atoms with Crippen molar-refractivity contribution in [1.29, 1.82) is 0 Å². The van der Waals surface area contributed by atoms with Crippen molar-refractivity contribution in [3.05, 3.63) is 47.5 Å². The number of aromatic carboxylic acids is 1. The summed E-state index contributed by atoms with van der Waals surface area (Å²) in [4.78, 5) is 15.5. The van der Waals surface area contributed by atoms with Crippen LogP contribution in [0.2, 0.25) is 0 Å². The average Bonchev–Trinajstić information content (AvgIpc) is 2.49. The molecule has 1 heterocycles. The van der Waals surface area contributed by atoms with Gasteiger partial charge in [-0.25, -0.2) is 9.79 Å². The number of carboxylic acids is 1. The Labute approximate surface area is 127 Å². The Kier molecular flexibility index (Phi) is 3.42. The van der Waals surface area contributed by atoms with E-state index in [0.29, 0.717) is 28.6 Å². The number of hydrogen-bond acceptors (Lipinski definition) is 5. The lowest BCUT2D eigenvalue weighted by Crippen LogP contribution is -2.23. The molecule has 0 atom stereocenters. The van der Waals surface area contributed by atoms with E-state index < -0.39 is 5.97 Å². The van der Waals surface area contributed by atoms with Crippen molar-refractivity contribution in [2.24, 2.45) is 4.99 Å². The van der Waals surface area contributed by atoms with Crippen molar-refractivity contribution >= 4 is 28.9 Å². The van der Waals surface area contributed by atoms with Gasteiger partial charge in [-0.2, -0.15) is 0 Å². The molecule has 0 saturated carbocycles. The van der Waals surface area contributed by atoms with Crippen molar-refractivity contribution in [1.82, 2.24) is 0 Å². The van der Waals surface area contributed by atoms with Gasteiger partial charge < -0.3 is 20.9 Å². The van der Waals surface area contributed by atoms with Crippen molar-refractivity contribution in [3.8, 4) is 5.75 Å². The van der Waals surface area contributed by atoms with Gasteiger partial charge in [-0.3, -0.25) is 0 Å². The first kappa shape index (κ1) is 13.9. The predicted octanol–water partition coefficient (Wildman–Crippen LogP) is 2.81. The predicted molar refractivity (Wildman–Crippen MR) is 85.2 cm³/mol. The van der Waals surface area contributed by atoms with Crippen LogP contribution >= 0.6 is 0 Å². The number of nitrogens with zero attached hydrogens (tertiary/aromatic N) is 1. The van der Waals surface area contributed by atoms with Crippen LogP contribution in [0.1, 0.15) is 15.9 Å². The van der Waals surface area contributed by atoms with Gasteiger partial charge in [0.2, 0.25) is 0 Å². The second-order valence-corrected chi connectivity index (χ2v) is 5.03. The number of benzene rings is 2. The van der Waals surface area contributed by atoms with E-state index in [-0.39, 0.29) is 12.2 Å². The average molecular weight is 297 g/mol. The molecule has 0 bridgehead atoms. The van der Waals surface area contributed by atoms with Crippen LogP contribution in [0.3, 0.4) is 0 Å². The molecule has 0 fully saturated rings. The Bertz CT molecular complexity index is 784. The zero-order valence-electron chi connectivity index (χ0n) is 12.0. The minimum atomic E-state index is -0.967. The van der Waals surface area contributed by atoms with Crippen molar-refractivity contribution < 1.29 is 14.6 Å². The van der Waals surface area contributed by atoms with E-state index in [1.807, 2.05) is 6.92 Å². The fourth-order valence-corrected chi connectivity index (χ4v) is 2.17. The highest BCUT2D eigenvalue weighted by Crippen LogP contribution is 2.32. The Balaban J connectivity index is 1.89. The summed E-state index contributed by atoms with van der Waals surface area (Å²) < 4.78 is 5.62. The third kappa shape index (κ3) is 2.71. The van der Waals surface area contributed by atoms with E-state index in [2.05, 4.69) is 10.3 Å². The standard InChI is InChI=1S/C16H15N3O3/c1-9-2-3-10(16(20)21)6-13(9)19-15-8-22-14-7-11(17)4-5-12(14)18-15/h2-7H,8,17H2,1H3,(H,18,19)(H,20,21). The molecule has 1 aliphatic rings. The summed E-state index contributed by atoms with van der Waals surface area (Å²) in [5, 5.41) is 12.2. The van der Waals surface area contributed by atoms with Gasteiger partial charge in [0, 0.05) is 17.4 Å². The molecular formula is C16H15N3O3. The second-order valence-electron chi connectivity index (χ2n) is 5.03. The molecule has 6 heteroatoms. The Morgan fingerprint density at radius 3 is 2.91 bits per heavy atom. The zero-order chi connectivity index (χ0) is 15.7. The SMILES string of the molecule is Cc1ccc(C(=O)O)cc1NC1=Nc2ccc(N)cc2OC1. The fraction of sp³-hybridized carbons (Fsp3) is 0.125. The van der Waals surface area contributed by atoms with Gasteiger partial charge in [0.15, 0.2) is 0 Å². The number of aryl methyl sites for hydroxylation is 1. The lowest BCUT2D eigenvalue weighted by molar-refractivity contribution is 0.0697. The molecule has 22 heavy (non-hydrogen) atoms. The highest BCUT2D eigenvalue weighted by Gasteiger charge is 2.15. The van der Waals surface area contributed by atoms with E-state index in [0.717, 1.165) is 5.56 Å². The van der Waals surface area contributed by atoms with E-state index in [9.17, 15) is 4.79 Å². The summed E-state index contributed by atoms with van der Waals surface area (Å²) in [5.74, 6) is 0.287. The number of fused-ring (bicyclic) bond motifs is 1. The van der Waals surface area contributed by atoms with E-state index >= 15 is 0 Å². The van der Waals surface area contributed by atoms with Crippen LogP contribution in [0.25, 0.3) is 0 Å². The Morgan fingerprint density at radius 2 is 2.14 bits per heavy atom. The minimum absolute atomic E-state index is 0.221. The molecule has 1 aliphatic heterocycles. The maximum Gasteiger partial charge on any atom is 0.335 e. The smallest absolute Gasteiger partial charge is 0.335 e. The number of anilines is 2. The second kappa shape index (κ2) is 5.40. The number of ether oxygens (including phenoxy) is 1. The van der Waals surface area contributed by atoms with Gasteiger partial charge >= 0.3 is 5.97 Å². The number of carboxylic acid groups (broad SMARTS) is 1. The summed E-state index contributed by atoms with van der Waals surface area (Å²) in [6, 6.07) is 10.2. The van der Waals surface area contributed by atoms with Crippen LogP contribution in [-0.4, -0.2) is 23.5 Å². The molecule has 0 aromatic heterocycles. The van der Waals surface area contributed by atoms with Crippen LogP contribution in [0, 0.1) is 6.92 Å². The number of carbonyl (C=O) groups is 1. The number of nitrogen functional groups attached to an aromatic ring is 1. The molecule has 112 valence electrons. The first-order chi connectivity index (χ1) is 10.5. The molecule has 0 amide bonds. The summed E-state index contributed by atoms with van der Waals surface area (Å²) >= 11 is 0. The van der Waals surface area contributed by atoms with Gasteiger partial charge in [0.1, 0.15) is 23.9 Å². The van der Waals surface area contributed by atoms with E-state index in [1.165, 1.54) is 0 Å². The number of aliphatic imine (C=N–C) groups is 1. The minimum Gasteiger partial charge on any atom is -0.483 e. The van der Waals surface area contributed by atoms with Crippen LogP contribution in [-0.2, 0) is 0 Å². The Morgan fingerprint density at radius 1 is 1.32 bits per heavy atom. The van der Waals surface area contributed by atoms with Gasteiger partial charge in [-0.05, 0) is 36.8 Å². The van der Waals surface area contributed by atoms with Gasteiger partial charge in [-0.15, -0.1) is 0 Å². The molecule has 0 radical (unpaired) electrons. The molecule has 0 aliphatic carbocycles. The van der Waals surface area contributed by atoms with Gasteiger partial charge in [-0.1, -0.05) is 6.07 Å². The van der Waals surface area contributed by atoms with Gasteiger partial charge in [0.05, 0.1) is 5.56 Å². The van der Waals surface area contributed by atoms with Crippen LogP contribution < -0.4 is 15.8 Å². The van der Waals surface area contributed by atoms with E-state index in [1.54, 1.807) is 36.4 Å². The van der Waals surface area contributed by atoms with Crippen LogP contribution in [0.15, 0.2) is 41.4 Å². The molecular weight excluding hydrogens is 282 g/mol. The molecule has 3 rings (SSSR count). The first-order valence-electron chi connectivity index (χ1n) is 6.74. The number of nitrogens with one attached hydrogen (secondary N) is 1.